The number of para-hydroxylation sites is 1. The Morgan fingerprint density at radius 2 is 2.21 bits per heavy atom. The van der Waals surface area contributed by atoms with E-state index in [9.17, 15) is 4.79 Å². The Morgan fingerprint density at radius 3 is 3.04 bits per heavy atom. The van der Waals surface area contributed by atoms with Crippen molar-refractivity contribution in [3.63, 3.8) is 0 Å². The molecule has 3 aliphatic rings. The van der Waals surface area contributed by atoms with Gasteiger partial charge < -0.3 is 14.5 Å². The Balaban J connectivity index is 1.55. The third-order valence-corrected chi connectivity index (χ3v) is 7.07. The Bertz CT molecular complexity index is 960. The number of fused-ring (bicyclic) bond motifs is 5. The largest absolute Gasteiger partial charge is 0.448 e. The van der Waals surface area contributed by atoms with E-state index in [4.69, 9.17) is 16.3 Å². The number of benzene rings is 1. The molecule has 3 heterocycles. The van der Waals surface area contributed by atoms with Crippen molar-refractivity contribution in [2.75, 3.05) is 29.7 Å². The van der Waals surface area contributed by atoms with Crippen molar-refractivity contribution in [1.82, 2.24) is 10.4 Å². The molecule has 1 aromatic heterocycles. The maximum absolute atomic E-state index is 11.3. The lowest BCUT2D eigenvalue weighted by Crippen LogP contribution is -2.48. The number of ether oxygens (including phenoxy) is 1. The SMILES string of the molecule is CC(=O)OCN1NCN2c3sc4c(c3CN(c3ccccc3Cl)CC12)CC=C4. The van der Waals surface area contributed by atoms with Crippen molar-refractivity contribution in [1.29, 1.82) is 0 Å². The quantitative estimate of drug-likeness (QED) is 0.773. The van der Waals surface area contributed by atoms with E-state index in [0.717, 1.165) is 30.2 Å². The van der Waals surface area contributed by atoms with Gasteiger partial charge in [-0.15, -0.1) is 11.3 Å². The summed E-state index contributed by atoms with van der Waals surface area (Å²) in [6.45, 7) is 3.92. The second-order valence-electron chi connectivity index (χ2n) is 7.17. The Labute approximate surface area is 172 Å². The molecular formula is C20H21ClN4O2S. The molecule has 0 spiro atoms. The first kappa shape index (κ1) is 18.0. The minimum Gasteiger partial charge on any atom is -0.448 e. The van der Waals surface area contributed by atoms with Gasteiger partial charge in [0.25, 0.3) is 0 Å². The molecule has 0 amide bonds. The second kappa shape index (κ2) is 7.08. The van der Waals surface area contributed by atoms with Crippen LogP contribution in [-0.4, -0.2) is 37.1 Å². The first-order valence-corrected chi connectivity index (χ1v) is 10.5. The number of nitrogens with zero attached hydrogens (tertiary/aromatic N) is 3. The molecule has 5 rings (SSSR count). The number of esters is 1. The summed E-state index contributed by atoms with van der Waals surface area (Å²) in [6, 6.07) is 7.98. The molecule has 28 heavy (non-hydrogen) atoms. The standard InChI is InChI=1S/C20H21ClN4O2S/c1-13(26)27-12-25-19-10-23(17-7-3-2-6-16(17)21)9-15-14-5-4-8-18(14)28-20(15)24(19)11-22-25/h2-4,6-8,19,22H,5,9-12H2,1H3. The number of anilines is 2. The van der Waals surface area contributed by atoms with Crippen LogP contribution in [0.1, 0.15) is 22.9 Å². The van der Waals surface area contributed by atoms with Crippen molar-refractivity contribution in [2.45, 2.75) is 26.1 Å². The van der Waals surface area contributed by atoms with Gasteiger partial charge in [0.2, 0.25) is 0 Å². The van der Waals surface area contributed by atoms with Gasteiger partial charge in [0.15, 0.2) is 6.73 Å². The van der Waals surface area contributed by atoms with Gasteiger partial charge in [0, 0.05) is 23.9 Å². The van der Waals surface area contributed by atoms with E-state index in [1.165, 1.54) is 27.9 Å². The average molecular weight is 417 g/mol. The van der Waals surface area contributed by atoms with Gasteiger partial charge in [0.1, 0.15) is 6.17 Å². The van der Waals surface area contributed by atoms with E-state index in [1.54, 1.807) is 0 Å². The summed E-state index contributed by atoms with van der Waals surface area (Å²) in [5, 5.41) is 4.05. The minimum atomic E-state index is -0.280. The molecule has 1 atom stereocenters. The molecule has 1 saturated heterocycles. The average Bonchev–Trinajstić information content (AvgIpc) is 3.33. The summed E-state index contributed by atoms with van der Waals surface area (Å²) in [6.07, 6.45) is 5.49. The second-order valence-corrected chi connectivity index (χ2v) is 8.61. The molecule has 0 saturated carbocycles. The molecule has 6 nitrogen and oxygen atoms in total. The van der Waals surface area contributed by atoms with E-state index in [0.29, 0.717) is 6.67 Å². The van der Waals surface area contributed by atoms with Crippen LogP contribution in [0.4, 0.5) is 10.7 Å². The van der Waals surface area contributed by atoms with Gasteiger partial charge in [-0.05, 0) is 30.2 Å². The van der Waals surface area contributed by atoms with Crippen LogP contribution in [0.3, 0.4) is 0 Å². The fraction of sp³-hybridized carbons (Fsp3) is 0.350. The van der Waals surface area contributed by atoms with Crippen molar-refractivity contribution in [3.8, 4) is 0 Å². The predicted molar refractivity (Wildman–Crippen MR) is 112 cm³/mol. The number of carbonyl (C=O) groups excluding carboxylic acids is 1. The van der Waals surface area contributed by atoms with Gasteiger partial charge in [-0.3, -0.25) is 4.79 Å². The Hall–Kier alpha value is -2.06. The van der Waals surface area contributed by atoms with E-state index in [-0.39, 0.29) is 18.9 Å². The first-order valence-electron chi connectivity index (χ1n) is 9.32. The van der Waals surface area contributed by atoms with Gasteiger partial charge in [-0.1, -0.05) is 29.8 Å². The number of halogens is 1. The third kappa shape index (κ3) is 2.99. The van der Waals surface area contributed by atoms with Crippen molar-refractivity contribution in [2.24, 2.45) is 0 Å². The monoisotopic (exact) mass is 416 g/mol. The molecule has 0 bridgehead atoms. The molecule has 1 N–H and O–H groups in total. The molecule has 2 aromatic rings. The number of hydrazine groups is 1. The highest BCUT2D eigenvalue weighted by atomic mass is 35.5. The van der Waals surface area contributed by atoms with Crippen molar-refractivity contribution < 1.29 is 9.53 Å². The van der Waals surface area contributed by atoms with E-state index >= 15 is 0 Å². The number of hydrogen-bond acceptors (Lipinski definition) is 7. The summed E-state index contributed by atoms with van der Waals surface area (Å²) < 4.78 is 5.28. The third-order valence-electron chi connectivity index (χ3n) is 5.47. The van der Waals surface area contributed by atoms with Crippen LogP contribution < -0.4 is 15.2 Å². The maximum Gasteiger partial charge on any atom is 0.303 e. The summed E-state index contributed by atoms with van der Waals surface area (Å²) in [7, 11) is 0. The highest BCUT2D eigenvalue weighted by Gasteiger charge is 2.40. The first-order chi connectivity index (χ1) is 13.6. The fourth-order valence-electron chi connectivity index (χ4n) is 4.13. The van der Waals surface area contributed by atoms with Gasteiger partial charge in [-0.2, -0.15) is 5.01 Å². The molecule has 1 unspecified atom stereocenters. The van der Waals surface area contributed by atoms with Gasteiger partial charge in [0.05, 0.1) is 28.9 Å². The maximum atomic E-state index is 11.3. The molecule has 1 aliphatic carbocycles. The molecule has 1 fully saturated rings. The molecule has 2 aliphatic heterocycles. The Morgan fingerprint density at radius 1 is 1.36 bits per heavy atom. The minimum absolute atomic E-state index is 0.0413. The van der Waals surface area contributed by atoms with Crippen LogP contribution in [0, 0.1) is 0 Å². The molecule has 0 radical (unpaired) electrons. The zero-order chi connectivity index (χ0) is 19.3. The number of carbonyl (C=O) groups is 1. The van der Waals surface area contributed by atoms with Crippen LogP contribution in [-0.2, 0) is 22.5 Å². The van der Waals surface area contributed by atoms with Crippen LogP contribution in [0.5, 0.6) is 0 Å². The Kier molecular flexibility index (Phi) is 4.55. The number of thiophene rings is 1. The summed E-state index contributed by atoms with van der Waals surface area (Å²) in [4.78, 5) is 17.4. The lowest BCUT2D eigenvalue weighted by atomic mass is 10.1. The topological polar surface area (TPSA) is 48.1 Å². The molecular weight excluding hydrogens is 396 g/mol. The predicted octanol–water partition coefficient (Wildman–Crippen LogP) is 3.42. The normalized spacial score (nSPS) is 20.7. The van der Waals surface area contributed by atoms with E-state index in [2.05, 4.69) is 33.4 Å². The smallest absolute Gasteiger partial charge is 0.303 e. The lowest BCUT2D eigenvalue weighted by Gasteiger charge is -2.32. The van der Waals surface area contributed by atoms with Crippen LogP contribution in [0.15, 0.2) is 30.3 Å². The van der Waals surface area contributed by atoms with Crippen molar-refractivity contribution >= 4 is 45.7 Å². The number of nitrogens with one attached hydrogen (secondary N) is 1. The summed E-state index contributed by atoms with van der Waals surface area (Å²) in [5.74, 6) is -0.280. The van der Waals surface area contributed by atoms with E-state index in [1.807, 2.05) is 34.5 Å². The summed E-state index contributed by atoms with van der Waals surface area (Å²) >= 11 is 8.39. The van der Waals surface area contributed by atoms with Crippen LogP contribution in [0.25, 0.3) is 6.08 Å². The lowest BCUT2D eigenvalue weighted by molar-refractivity contribution is -0.147. The summed E-state index contributed by atoms with van der Waals surface area (Å²) in [5.41, 5.74) is 7.22. The number of hydrogen-bond donors (Lipinski definition) is 1. The number of allylic oxidation sites excluding steroid dienone is 1. The highest BCUT2D eigenvalue weighted by Crippen LogP contribution is 2.45. The molecule has 1 aromatic carbocycles. The number of rotatable bonds is 3. The van der Waals surface area contributed by atoms with Gasteiger partial charge >= 0.3 is 5.97 Å². The van der Waals surface area contributed by atoms with Gasteiger partial charge in [-0.25, -0.2) is 5.43 Å². The van der Waals surface area contributed by atoms with E-state index < -0.39 is 0 Å². The van der Waals surface area contributed by atoms with Crippen LogP contribution in [0.2, 0.25) is 5.02 Å². The molecule has 8 heteroatoms. The highest BCUT2D eigenvalue weighted by molar-refractivity contribution is 7.17. The molecule has 146 valence electrons. The van der Waals surface area contributed by atoms with Crippen molar-refractivity contribution in [3.05, 3.63) is 51.4 Å². The fourth-order valence-corrected chi connectivity index (χ4v) is 5.70. The van der Waals surface area contributed by atoms with Crippen LogP contribution >= 0.6 is 22.9 Å². The zero-order valence-corrected chi connectivity index (χ0v) is 17.1. The zero-order valence-electron chi connectivity index (χ0n) is 15.5.